The van der Waals surface area contributed by atoms with Gasteiger partial charge < -0.3 is 9.15 Å². The molecule has 3 rings (SSSR count). The number of esters is 1. The van der Waals surface area contributed by atoms with E-state index in [1.807, 2.05) is 0 Å². The second-order valence-electron chi connectivity index (χ2n) is 5.13. The van der Waals surface area contributed by atoms with Crippen LogP contribution in [0.1, 0.15) is 16.1 Å². The lowest BCUT2D eigenvalue weighted by Crippen LogP contribution is -2.22. The molecule has 6 nitrogen and oxygen atoms in total. The minimum atomic E-state index is -0.521. The van der Waals surface area contributed by atoms with Crippen LogP contribution < -0.4 is 0 Å². The molecule has 25 heavy (non-hydrogen) atoms. The molecule has 2 amide bonds. The summed E-state index contributed by atoms with van der Waals surface area (Å²) in [5, 5.41) is -0.0809. The summed E-state index contributed by atoms with van der Waals surface area (Å²) in [7, 11) is 2.71. The van der Waals surface area contributed by atoms with Crippen molar-refractivity contribution in [3.05, 3.63) is 51.6 Å². The van der Waals surface area contributed by atoms with Gasteiger partial charge in [-0.1, -0.05) is 17.7 Å². The van der Waals surface area contributed by atoms with Gasteiger partial charge >= 0.3 is 5.97 Å². The Kier molecular flexibility index (Phi) is 4.69. The number of rotatable bonds is 3. The summed E-state index contributed by atoms with van der Waals surface area (Å²) in [4.78, 5) is 36.3. The van der Waals surface area contributed by atoms with Crippen LogP contribution in [0, 0.1) is 0 Å². The average molecular weight is 378 g/mol. The largest absolute Gasteiger partial charge is 0.465 e. The highest BCUT2D eigenvalue weighted by Gasteiger charge is 2.32. The Morgan fingerprint density at radius 3 is 2.64 bits per heavy atom. The fraction of sp³-hybridized carbons (Fsp3) is 0.118. The highest BCUT2D eigenvalue weighted by molar-refractivity contribution is 8.18. The van der Waals surface area contributed by atoms with Crippen LogP contribution in [-0.2, 0) is 9.53 Å². The molecule has 0 unspecified atom stereocenters. The van der Waals surface area contributed by atoms with E-state index in [2.05, 4.69) is 4.74 Å². The van der Waals surface area contributed by atoms with Gasteiger partial charge in [-0.15, -0.1) is 0 Å². The first kappa shape index (κ1) is 17.3. The first-order valence-electron chi connectivity index (χ1n) is 7.10. The molecule has 1 aromatic heterocycles. The SMILES string of the molecule is COC(=O)c1ccc(-c2ccc(/C=C3\SC(=O)N(C)C3=O)o2)cc1Cl. The number of imide groups is 1. The van der Waals surface area contributed by atoms with Crippen LogP contribution in [0.3, 0.4) is 0 Å². The van der Waals surface area contributed by atoms with E-state index in [1.54, 1.807) is 30.3 Å². The van der Waals surface area contributed by atoms with Crippen LogP contribution in [-0.4, -0.2) is 36.2 Å². The maximum Gasteiger partial charge on any atom is 0.339 e. The fourth-order valence-electron chi connectivity index (χ4n) is 2.20. The number of halogens is 1. The average Bonchev–Trinajstić information content (AvgIpc) is 3.15. The summed E-state index contributed by atoms with van der Waals surface area (Å²) in [5.74, 6) is 0.0628. The smallest absolute Gasteiger partial charge is 0.339 e. The van der Waals surface area contributed by atoms with E-state index < -0.39 is 5.97 Å². The molecular weight excluding hydrogens is 366 g/mol. The van der Waals surface area contributed by atoms with Crippen molar-refractivity contribution in [1.82, 2.24) is 4.90 Å². The lowest BCUT2D eigenvalue weighted by atomic mass is 10.1. The normalized spacial score (nSPS) is 16.0. The molecule has 0 radical (unpaired) electrons. The van der Waals surface area contributed by atoms with Crippen molar-refractivity contribution in [3.63, 3.8) is 0 Å². The highest BCUT2D eigenvalue weighted by atomic mass is 35.5. The van der Waals surface area contributed by atoms with E-state index in [1.165, 1.54) is 20.2 Å². The van der Waals surface area contributed by atoms with Gasteiger partial charge in [0.15, 0.2) is 0 Å². The molecule has 1 aliphatic rings. The third kappa shape index (κ3) is 3.33. The summed E-state index contributed by atoms with van der Waals surface area (Å²) in [6.45, 7) is 0. The zero-order chi connectivity index (χ0) is 18.1. The Labute approximate surface area is 152 Å². The molecule has 1 aromatic carbocycles. The topological polar surface area (TPSA) is 76.8 Å². The summed E-state index contributed by atoms with van der Waals surface area (Å²) < 4.78 is 10.3. The molecule has 8 heteroatoms. The molecule has 0 aliphatic carbocycles. The van der Waals surface area contributed by atoms with Gasteiger partial charge in [0.25, 0.3) is 11.1 Å². The van der Waals surface area contributed by atoms with Crippen molar-refractivity contribution >= 4 is 46.6 Å². The number of likely N-dealkylation sites (N-methyl/N-ethyl adjacent to an activating group) is 1. The number of thioether (sulfide) groups is 1. The maximum absolute atomic E-state index is 11.9. The van der Waals surface area contributed by atoms with Crippen molar-refractivity contribution in [1.29, 1.82) is 0 Å². The predicted molar refractivity (Wildman–Crippen MR) is 94.2 cm³/mol. The number of methoxy groups -OCH3 is 1. The predicted octanol–water partition coefficient (Wildman–Crippen LogP) is 4.05. The summed E-state index contributed by atoms with van der Waals surface area (Å²) in [5.41, 5.74) is 0.928. The minimum Gasteiger partial charge on any atom is -0.465 e. The minimum absolute atomic E-state index is 0.245. The van der Waals surface area contributed by atoms with Crippen LogP contribution in [0.4, 0.5) is 4.79 Å². The quantitative estimate of drug-likeness (QED) is 0.593. The summed E-state index contributed by atoms with van der Waals surface area (Å²) in [6, 6.07) is 8.22. The van der Waals surface area contributed by atoms with Gasteiger partial charge in [0.05, 0.1) is 22.6 Å². The van der Waals surface area contributed by atoms with Crippen molar-refractivity contribution < 1.29 is 23.5 Å². The second kappa shape index (κ2) is 6.78. The molecule has 1 fully saturated rings. The van der Waals surface area contributed by atoms with Gasteiger partial charge in [0, 0.05) is 18.7 Å². The van der Waals surface area contributed by atoms with Crippen molar-refractivity contribution in [2.75, 3.05) is 14.2 Å². The van der Waals surface area contributed by atoms with Gasteiger partial charge in [-0.3, -0.25) is 14.5 Å². The molecule has 0 N–H and O–H groups in total. The molecule has 0 saturated carbocycles. The van der Waals surface area contributed by atoms with Gasteiger partial charge in [0.2, 0.25) is 0 Å². The van der Waals surface area contributed by atoms with E-state index in [0.29, 0.717) is 22.0 Å². The Morgan fingerprint density at radius 2 is 2.04 bits per heavy atom. The Morgan fingerprint density at radius 1 is 1.28 bits per heavy atom. The number of hydrogen-bond donors (Lipinski definition) is 0. The fourth-order valence-corrected chi connectivity index (χ4v) is 3.27. The number of furan rings is 1. The number of ether oxygens (including phenoxy) is 1. The van der Waals surface area contributed by atoms with Crippen LogP contribution in [0.5, 0.6) is 0 Å². The van der Waals surface area contributed by atoms with Crippen LogP contribution in [0.15, 0.2) is 39.7 Å². The van der Waals surface area contributed by atoms with Crippen LogP contribution in [0.2, 0.25) is 5.02 Å². The molecule has 0 atom stereocenters. The number of amides is 2. The first-order chi connectivity index (χ1) is 11.9. The van der Waals surface area contributed by atoms with Crippen LogP contribution >= 0.6 is 23.4 Å². The van der Waals surface area contributed by atoms with Gasteiger partial charge in [0.1, 0.15) is 11.5 Å². The highest BCUT2D eigenvalue weighted by Crippen LogP contribution is 2.33. The van der Waals surface area contributed by atoms with Crippen molar-refractivity contribution in [2.45, 2.75) is 0 Å². The number of benzene rings is 1. The van der Waals surface area contributed by atoms with Gasteiger partial charge in [-0.05, 0) is 36.0 Å². The zero-order valence-corrected chi connectivity index (χ0v) is 14.8. The standard InChI is InChI=1S/C17H12ClNO5S/c1-19-15(20)14(25-17(19)22)8-10-4-6-13(24-10)9-3-5-11(12(18)7-9)16(21)23-2/h3-8H,1-2H3/b14-8-. The zero-order valence-electron chi connectivity index (χ0n) is 13.2. The van der Waals surface area contributed by atoms with Crippen molar-refractivity contribution in [3.8, 4) is 11.3 Å². The molecular formula is C17H12ClNO5S. The Bertz CT molecular complexity index is 918. The number of nitrogens with zero attached hydrogens (tertiary/aromatic N) is 1. The first-order valence-corrected chi connectivity index (χ1v) is 8.30. The molecule has 0 spiro atoms. The lowest BCUT2D eigenvalue weighted by Gasteiger charge is -2.04. The number of carbonyl (C=O) groups excluding carboxylic acids is 3. The number of carbonyl (C=O) groups is 3. The molecule has 2 aromatic rings. The van der Waals surface area contributed by atoms with Crippen LogP contribution in [0.25, 0.3) is 17.4 Å². The monoisotopic (exact) mass is 377 g/mol. The Balaban J connectivity index is 1.87. The van der Waals surface area contributed by atoms with Crippen molar-refractivity contribution in [2.24, 2.45) is 0 Å². The molecule has 128 valence electrons. The Hall–Kier alpha value is -2.51. The third-order valence-corrected chi connectivity index (χ3v) is 4.82. The molecule has 1 aliphatic heterocycles. The van der Waals surface area contributed by atoms with E-state index in [0.717, 1.165) is 16.7 Å². The van der Waals surface area contributed by atoms with E-state index in [9.17, 15) is 14.4 Å². The van der Waals surface area contributed by atoms with E-state index in [-0.39, 0.29) is 21.7 Å². The molecule has 1 saturated heterocycles. The van der Waals surface area contributed by atoms with E-state index in [4.69, 9.17) is 16.0 Å². The molecule has 2 heterocycles. The lowest BCUT2D eigenvalue weighted by molar-refractivity contribution is -0.121. The van der Waals surface area contributed by atoms with E-state index >= 15 is 0 Å². The maximum atomic E-state index is 11.9. The molecule has 0 bridgehead atoms. The summed E-state index contributed by atoms with van der Waals surface area (Å²) >= 11 is 6.96. The number of hydrogen-bond acceptors (Lipinski definition) is 6. The third-order valence-electron chi connectivity index (χ3n) is 3.55. The second-order valence-corrected chi connectivity index (χ2v) is 6.53. The summed E-state index contributed by atoms with van der Waals surface area (Å²) in [6.07, 6.45) is 1.52. The van der Waals surface area contributed by atoms with Gasteiger partial charge in [-0.25, -0.2) is 4.79 Å². The van der Waals surface area contributed by atoms with Gasteiger partial charge in [-0.2, -0.15) is 0 Å².